The number of hydrogen-bond acceptors (Lipinski definition) is 4. The quantitative estimate of drug-likeness (QED) is 0.794. The summed E-state index contributed by atoms with van der Waals surface area (Å²) in [6.07, 6.45) is 1.80. The molecule has 5 nitrogen and oxygen atoms in total. The lowest BCUT2D eigenvalue weighted by Gasteiger charge is -2.35. The van der Waals surface area contributed by atoms with Crippen molar-refractivity contribution in [1.82, 2.24) is 4.90 Å². The highest BCUT2D eigenvalue weighted by molar-refractivity contribution is 5.99. The van der Waals surface area contributed by atoms with Crippen molar-refractivity contribution in [3.05, 3.63) is 35.9 Å². The fraction of sp³-hybridized carbons (Fsp3) is 0.500. The Morgan fingerprint density at radius 3 is 2.57 bits per heavy atom. The van der Waals surface area contributed by atoms with E-state index in [9.17, 15) is 9.59 Å². The van der Waals surface area contributed by atoms with Gasteiger partial charge >= 0.3 is 5.97 Å². The van der Waals surface area contributed by atoms with Crippen molar-refractivity contribution < 1.29 is 19.1 Å². The van der Waals surface area contributed by atoms with Crippen LogP contribution in [0.3, 0.4) is 0 Å². The molecule has 2 aliphatic rings. The lowest BCUT2D eigenvalue weighted by atomic mass is 9.84. The van der Waals surface area contributed by atoms with Gasteiger partial charge in [0, 0.05) is 18.7 Å². The maximum atomic E-state index is 12.9. The van der Waals surface area contributed by atoms with Gasteiger partial charge in [0.25, 0.3) is 5.91 Å². The van der Waals surface area contributed by atoms with Crippen LogP contribution in [0.2, 0.25) is 0 Å². The van der Waals surface area contributed by atoms with Gasteiger partial charge in [-0.05, 0) is 31.4 Å². The Bertz CT molecular complexity index is 559. The van der Waals surface area contributed by atoms with Crippen LogP contribution < -0.4 is 0 Å². The van der Waals surface area contributed by atoms with Gasteiger partial charge in [-0.3, -0.25) is 4.79 Å². The first-order chi connectivity index (χ1) is 10.1. The molecular weight excluding hydrogens is 270 g/mol. The van der Waals surface area contributed by atoms with E-state index in [1.807, 2.05) is 18.2 Å². The Morgan fingerprint density at radius 1 is 1.24 bits per heavy atom. The molecule has 0 aliphatic carbocycles. The van der Waals surface area contributed by atoms with E-state index in [1.165, 1.54) is 7.11 Å². The first kappa shape index (κ1) is 14.1. The smallest absolute Gasteiger partial charge is 0.334 e. The summed E-state index contributed by atoms with van der Waals surface area (Å²) in [6, 6.07) is 9.10. The molecular formula is C16H19NO4. The summed E-state index contributed by atoms with van der Waals surface area (Å²) in [4.78, 5) is 27.0. The summed E-state index contributed by atoms with van der Waals surface area (Å²) < 4.78 is 10.5. The van der Waals surface area contributed by atoms with Gasteiger partial charge in [0.1, 0.15) is 0 Å². The van der Waals surface area contributed by atoms with Gasteiger partial charge in [-0.15, -0.1) is 0 Å². The van der Waals surface area contributed by atoms with Gasteiger partial charge in [0.05, 0.1) is 13.2 Å². The number of hydrogen-bond donors (Lipinski definition) is 0. The normalized spacial score (nSPS) is 30.5. The van der Waals surface area contributed by atoms with Crippen LogP contribution in [-0.2, 0) is 14.3 Å². The zero-order valence-corrected chi connectivity index (χ0v) is 12.2. The average Bonchev–Trinajstić information content (AvgIpc) is 3.07. The third-order valence-corrected chi connectivity index (χ3v) is 4.74. The van der Waals surface area contributed by atoms with Crippen molar-refractivity contribution in [2.24, 2.45) is 0 Å². The second-order valence-corrected chi connectivity index (χ2v) is 5.61. The van der Waals surface area contributed by atoms with Crippen LogP contribution in [0.25, 0.3) is 0 Å². The number of methoxy groups -OCH3 is 2. The van der Waals surface area contributed by atoms with E-state index in [-0.39, 0.29) is 24.0 Å². The van der Waals surface area contributed by atoms with Crippen LogP contribution >= 0.6 is 0 Å². The first-order valence-electron chi connectivity index (χ1n) is 7.15. The molecule has 3 atom stereocenters. The number of benzene rings is 1. The fourth-order valence-electron chi connectivity index (χ4n) is 3.81. The highest BCUT2D eigenvalue weighted by Gasteiger charge is 2.65. The summed E-state index contributed by atoms with van der Waals surface area (Å²) >= 11 is 0. The average molecular weight is 289 g/mol. The molecule has 0 spiro atoms. The standard InChI is InChI=1S/C16H19NO4/c1-20-13-10-12-8-9-16(13,15(19)21-2)17(12)14(18)11-6-4-3-5-7-11/h3-7,12-13H,8-10H2,1-2H3/t12-,13+,16+/m0/s1. The molecule has 3 rings (SSSR count). The van der Waals surface area contributed by atoms with Crippen molar-refractivity contribution in [1.29, 1.82) is 0 Å². The number of esters is 1. The number of rotatable bonds is 3. The molecule has 21 heavy (non-hydrogen) atoms. The predicted octanol–water partition coefficient (Wildman–Crippen LogP) is 1.62. The molecule has 112 valence electrons. The minimum atomic E-state index is -0.971. The molecule has 2 aliphatic heterocycles. The van der Waals surface area contributed by atoms with Crippen LogP contribution in [0.4, 0.5) is 0 Å². The number of carbonyl (C=O) groups excluding carboxylic acids is 2. The number of fused-ring (bicyclic) bond motifs is 2. The van der Waals surface area contributed by atoms with Crippen molar-refractivity contribution in [3.63, 3.8) is 0 Å². The van der Waals surface area contributed by atoms with Gasteiger partial charge in [-0.25, -0.2) is 4.79 Å². The second kappa shape index (κ2) is 5.15. The van der Waals surface area contributed by atoms with E-state index in [2.05, 4.69) is 0 Å². The van der Waals surface area contributed by atoms with E-state index in [1.54, 1.807) is 24.1 Å². The third-order valence-electron chi connectivity index (χ3n) is 4.74. The molecule has 0 N–H and O–H groups in total. The predicted molar refractivity (Wildman–Crippen MR) is 75.8 cm³/mol. The maximum absolute atomic E-state index is 12.9. The summed E-state index contributed by atoms with van der Waals surface area (Å²) in [5.41, 5.74) is -0.379. The highest BCUT2D eigenvalue weighted by Crippen LogP contribution is 2.49. The van der Waals surface area contributed by atoms with E-state index < -0.39 is 5.54 Å². The zero-order valence-electron chi connectivity index (χ0n) is 12.2. The van der Waals surface area contributed by atoms with Crippen molar-refractivity contribution in [2.75, 3.05) is 14.2 Å². The summed E-state index contributed by atoms with van der Waals surface area (Å²) in [5, 5.41) is 0. The first-order valence-corrected chi connectivity index (χ1v) is 7.15. The van der Waals surface area contributed by atoms with Crippen LogP contribution in [-0.4, -0.2) is 48.7 Å². The lowest BCUT2D eigenvalue weighted by molar-refractivity contribution is -0.157. The van der Waals surface area contributed by atoms with Gasteiger partial charge < -0.3 is 14.4 Å². The molecule has 0 radical (unpaired) electrons. The van der Waals surface area contributed by atoms with E-state index in [0.29, 0.717) is 18.4 Å². The molecule has 5 heteroatoms. The molecule has 2 fully saturated rings. The largest absolute Gasteiger partial charge is 0.467 e. The van der Waals surface area contributed by atoms with Gasteiger partial charge in [-0.2, -0.15) is 0 Å². The second-order valence-electron chi connectivity index (χ2n) is 5.61. The van der Waals surface area contributed by atoms with Crippen LogP contribution in [0.15, 0.2) is 30.3 Å². The molecule has 1 aromatic carbocycles. The lowest BCUT2D eigenvalue weighted by Crippen LogP contribution is -2.57. The number of carbonyl (C=O) groups is 2. The minimum Gasteiger partial charge on any atom is -0.467 e. The molecule has 1 aromatic rings. The maximum Gasteiger partial charge on any atom is 0.334 e. The summed E-state index contributed by atoms with van der Waals surface area (Å²) in [6.45, 7) is 0. The van der Waals surface area contributed by atoms with E-state index >= 15 is 0 Å². The van der Waals surface area contributed by atoms with E-state index in [4.69, 9.17) is 9.47 Å². The van der Waals surface area contributed by atoms with Crippen LogP contribution in [0.5, 0.6) is 0 Å². The summed E-state index contributed by atoms with van der Waals surface area (Å²) in [7, 11) is 2.95. The van der Waals surface area contributed by atoms with E-state index in [0.717, 1.165) is 6.42 Å². The Morgan fingerprint density at radius 2 is 1.95 bits per heavy atom. The Kier molecular flexibility index (Phi) is 3.45. The Hall–Kier alpha value is -1.88. The van der Waals surface area contributed by atoms with Crippen LogP contribution in [0, 0.1) is 0 Å². The number of nitrogens with zero attached hydrogens (tertiary/aromatic N) is 1. The number of amides is 1. The van der Waals surface area contributed by atoms with Crippen molar-refractivity contribution >= 4 is 11.9 Å². The monoisotopic (exact) mass is 289 g/mol. The molecule has 0 saturated carbocycles. The van der Waals surface area contributed by atoms with Gasteiger partial charge in [-0.1, -0.05) is 18.2 Å². The number of ether oxygens (including phenoxy) is 2. The fourth-order valence-corrected chi connectivity index (χ4v) is 3.81. The zero-order chi connectivity index (χ0) is 15.0. The molecule has 1 amide bonds. The van der Waals surface area contributed by atoms with Crippen molar-refractivity contribution in [3.8, 4) is 0 Å². The molecule has 0 aromatic heterocycles. The van der Waals surface area contributed by atoms with Crippen LogP contribution in [0.1, 0.15) is 29.6 Å². The topological polar surface area (TPSA) is 55.8 Å². The molecule has 0 unspecified atom stereocenters. The third kappa shape index (κ3) is 1.87. The van der Waals surface area contributed by atoms with Gasteiger partial charge in [0.2, 0.25) is 0 Å². The summed E-state index contributed by atoms with van der Waals surface area (Å²) in [5.74, 6) is -0.498. The Labute approximate surface area is 123 Å². The van der Waals surface area contributed by atoms with Gasteiger partial charge in [0.15, 0.2) is 5.54 Å². The minimum absolute atomic E-state index is 0.0433. The molecule has 2 heterocycles. The molecule has 2 saturated heterocycles. The van der Waals surface area contributed by atoms with Crippen molar-refractivity contribution in [2.45, 2.75) is 36.9 Å². The Balaban J connectivity index is 2.01. The highest BCUT2D eigenvalue weighted by atomic mass is 16.5. The molecule has 2 bridgehead atoms. The SMILES string of the molecule is COC(=O)[C@@]12CC[C@@H](C[C@H]1OC)N2C(=O)c1ccccc1.